The summed E-state index contributed by atoms with van der Waals surface area (Å²) < 4.78 is 43.3. The summed E-state index contributed by atoms with van der Waals surface area (Å²) in [6, 6.07) is 13.1. The Balaban J connectivity index is 1.51. The smallest absolute Gasteiger partial charge is 0.356 e. The van der Waals surface area contributed by atoms with Crippen LogP contribution in [0.3, 0.4) is 0 Å². The van der Waals surface area contributed by atoms with Crippen molar-refractivity contribution in [1.82, 2.24) is 5.16 Å². The molecule has 1 aliphatic carbocycles. The van der Waals surface area contributed by atoms with Gasteiger partial charge in [0.1, 0.15) is 0 Å². The molecule has 0 bridgehead atoms. The molecule has 0 radical (unpaired) electrons. The largest absolute Gasteiger partial charge is 0.416 e. The molecule has 144 valence electrons. The number of carbonyl (C=O) groups excluding carboxylic acids is 1. The normalized spacial score (nSPS) is 15.3. The van der Waals surface area contributed by atoms with Crippen LogP contribution in [0.25, 0.3) is 11.3 Å². The second-order valence-corrected chi connectivity index (χ2v) is 7.13. The molecular weight excluding hydrogens is 393 g/mol. The maximum atomic E-state index is 12.7. The molecule has 1 N–H and O–H groups in total. The number of anilines is 1. The molecule has 1 aromatic heterocycles. The number of hydrogen-bond acceptors (Lipinski definition) is 3. The van der Waals surface area contributed by atoms with Gasteiger partial charge in [-0.25, -0.2) is 0 Å². The highest BCUT2D eigenvalue weighted by Gasteiger charge is 2.53. The second kappa shape index (κ2) is 6.67. The van der Waals surface area contributed by atoms with Crippen molar-refractivity contribution in [3.63, 3.8) is 0 Å². The van der Waals surface area contributed by atoms with E-state index in [9.17, 15) is 18.0 Å². The van der Waals surface area contributed by atoms with Gasteiger partial charge in [0.25, 0.3) is 0 Å². The molecule has 1 fully saturated rings. The monoisotopic (exact) mass is 406 g/mol. The molecule has 0 aliphatic heterocycles. The first kappa shape index (κ1) is 18.6. The van der Waals surface area contributed by atoms with Gasteiger partial charge >= 0.3 is 6.18 Å². The molecular formula is C20H14ClF3N2O2. The van der Waals surface area contributed by atoms with Crippen molar-refractivity contribution in [1.29, 1.82) is 0 Å². The fourth-order valence-corrected chi connectivity index (χ4v) is 3.09. The summed E-state index contributed by atoms with van der Waals surface area (Å²) in [4.78, 5) is 12.7. The predicted molar refractivity (Wildman–Crippen MR) is 97.9 cm³/mol. The molecule has 3 aromatic rings. The molecule has 1 aliphatic rings. The topological polar surface area (TPSA) is 55.1 Å². The van der Waals surface area contributed by atoms with Crippen LogP contribution in [0, 0.1) is 0 Å². The average Bonchev–Trinajstić information content (AvgIpc) is 3.33. The van der Waals surface area contributed by atoms with Crippen molar-refractivity contribution in [3.8, 4) is 11.3 Å². The highest BCUT2D eigenvalue weighted by Crippen LogP contribution is 2.49. The SMILES string of the molecule is O=C(Nc1ccc(C(F)(F)F)cc1)C1(c2cc(-c3ccc(Cl)cc3)on2)CC1. The van der Waals surface area contributed by atoms with Gasteiger partial charge in [0.2, 0.25) is 5.91 Å². The Morgan fingerprint density at radius 3 is 2.29 bits per heavy atom. The second-order valence-electron chi connectivity index (χ2n) is 6.69. The summed E-state index contributed by atoms with van der Waals surface area (Å²) in [7, 11) is 0. The van der Waals surface area contributed by atoms with Crippen molar-refractivity contribution < 1.29 is 22.5 Å². The quantitative estimate of drug-likeness (QED) is 0.606. The minimum atomic E-state index is -4.42. The highest BCUT2D eigenvalue weighted by atomic mass is 35.5. The predicted octanol–water partition coefficient (Wildman–Crippen LogP) is 5.68. The minimum Gasteiger partial charge on any atom is -0.356 e. The fraction of sp³-hybridized carbons (Fsp3) is 0.200. The Morgan fingerprint density at radius 1 is 1.07 bits per heavy atom. The van der Waals surface area contributed by atoms with Gasteiger partial charge in [-0.2, -0.15) is 13.2 Å². The summed E-state index contributed by atoms with van der Waals surface area (Å²) in [6.45, 7) is 0. The van der Waals surface area contributed by atoms with E-state index in [0.29, 0.717) is 35.0 Å². The van der Waals surface area contributed by atoms with E-state index in [-0.39, 0.29) is 5.91 Å². The first-order valence-corrected chi connectivity index (χ1v) is 8.88. The number of halogens is 4. The summed E-state index contributed by atoms with van der Waals surface area (Å²) in [5.74, 6) is 0.198. The van der Waals surface area contributed by atoms with Gasteiger partial charge in [-0.05, 0) is 61.4 Å². The number of rotatable bonds is 4. The lowest BCUT2D eigenvalue weighted by atomic mass is 10.00. The molecule has 2 aromatic carbocycles. The van der Waals surface area contributed by atoms with Crippen LogP contribution in [0.5, 0.6) is 0 Å². The summed E-state index contributed by atoms with van der Waals surface area (Å²) in [5, 5.41) is 7.31. The van der Waals surface area contributed by atoms with E-state index in [2.05, 4.69) is 10.5 Å². The fourth-order valence-electron chi connectivity index (χ4n) is 2.97. The highest BCUT2D eigenvalue weighted by molar-refractivity contribution is 6.30. The lowest BCUT2D eigenvalue weighted by molar-refractivity contribution is -0.137. The van der Waals surface area contributed by atoms with E-state index in [1.807, 2.05) is 0 Å². The number of aromatic nitrogens is 1. The lowest BCUT2D eigenvalue weighted by Crippen LogP contribution is -2.28. The molecule has 1 heterocycles. The van der Waals surface area contributed by atoms with E-state index in [0.717, 1.165) is 17.7 Å². The van der Waals surface area contributed by atoms with Gasteiger partial charge in [-0.15, -0.1) is 0 Å². The standard InChI is InChI=1S/C20H14ClF3N2O2/c21-14-5-1-12(2-6-14)16-11-17(26-28-16)19(9-10-19)18(27)25-15-7-3-13(4-8-15)20(22,23)24/h1-8,11H,9-10H2,(H,25,27). The van der Waals surface area contributed by atoms with E-state index in [4.69, 9.17) is 16.1 Å². The maximum absolute atomic E-state index is 12.7. The Morgan fingerprint density at radius 2 is 1.71 bits per heavy atom. The maximum Gasteiger partial charge on any atom is 0.416 e. The Hall–Kier alpha value is -2.80. The van der Waals surface area contributed by atoms with Crippen LogP contribution in [-0.2, 0) is 16.4 Å². The molecule has 4 nitrogen and oxygen atoms in total. The first-order valence-electron chi connectivity index (χ1n) is 8.50. The van der Waals surface area contributed by atoms with Crippen LogP contribution in [-0.4, -0.2) is 11.1 Å². The number of alkyl halides is 3. The lowest BCUT2D eigenvalue weighted by Gasteiger charge is -2.13. The van der Waals surface area contributed by atoms with Crippen LogP contribution >= 0.6 is 11.6 Å². The third kappa shape index (κ3) is 3.49. The van der Waals surface area contributed by atoms with Crippen LogP contribution in [0.4, 0.5) is 18.9 Å². The van der Waals surface area contributed by atoms with Gasteiger partial charge in [0, 0.05) is 22.3 Å². The number of carbonyl (C=O) groups is 1. The molecule has 8 heteroatoms. The van der Waals surface area contributed by atoms with E-state index in [1.54, 1.807) is 30.3 Å². The number of hydrogen-bond donors (Lipinski definition) is 1. The molecule has 0 unspecified atom stereocenters. The Bertz CT molecular complexity index is 1010. The third-order valence-electron chi connectivity index (χ3n) is 4.78. The molecule has 0 spiro atoms. The molecule has 4 rings (SSSR count). The summed E-state index contributed by atoms with van der Waals surface area (Å²) in [5.41, 5.74) is -0.0120. The molecule has 0 saturated heterocycles. The summed E-state index contributed by atoms with van der Waals surface area (Å²) in [6.07, 6.45) is -3.24. The Labute approximate surface area is 163 Å². The van der Waals surface area contributed by atoms with Gasteiger partial charge in [0.15, 0.2) is 5.76 Å². The van der Waals surface area contributed by atoms with Crippen LogP contribution in [0.15, 0.2) is 59.1 Å². The zero-order valence-electron chi connectivity index (χ0n) is 14.4. The molecule has 28 heavy (non-hydrogen) atoms. The van der Waals surface area contributed by atoms with E-state index in [1.165, 1.54) is 12.1 Å². The van der Waals surface area contributed by atoms with E-state index >= 15 is 0 Å². The number of nitrogens with one attached hydrogen (secondary N) is 1. The van der Waals surface area contributed by atoms with Crippen LogP contribution in [0.1, 0.15) is 24.1 Å². The van der Waals surface area contributed by atoms with Crippen molar-refractivity contribution in [3.05, 3.63) is 70.9 Å². The molecule has 0 atom stereocenters. The summed E-state index contributed by atoms with van der Waals surface area (Å²) >= 11 is 5.88. The molecule has 1 saturated carbocycles. The average molecular weight is 407 g/mol. The number of amides is 1. The minimum absolute atomic E-state index is 0.297. The molecule has 1 amide bonds. The third-order valence-corrected chi connectivity index (χ3v) is 5.04. The van der Waals surface area contributed by atoms with Crippen LogP contribution < -0.4 is 5.32 Å². The van der Waals surface area contributed by atoms with E-state index < -0.39 is 17.2 Å². The van der Waals surface area contributed by atoms with Crippen molar-refractivity contribution in [2.45, 2.75) is 24.4 Å². The number of benzene rings is 2. The Kier molecular flexibility index (Phi) is 4.42. The van der Waals surface area contributed by atoms with Crippen molar-refractivity contribution >= 4 is 23.2 Å². The first-order chi connectivity index (χ1) is 13.3. The van der Waals surface area contributed by atoms with Crippen LogP contribution in [0.2, 0.25) is 5.02 Å². The van der Waals surface area contributed by atoms with Gasteiger partial charge in [0.05, 0.1) is 16.7 Å². The van der Waals surface area contributed by atoms with Gasteiger partial charge in [-0.3, -0.25) is 4.79 Å². The van der Waals surface area contributed by atoms with Crippen molar-refractivity contribution in [2.75, 3.05) is 5.32 Å². The van der Waals surface area contributed by atoms with Gasteiger partial charge < -0.3 is 9.84 Å². The van der Waals surface area contributed by atoms with Crippen molar-refractivity contribution in [2.24, 2.45) is 0 Å². The zero-order chi connectivity index (χ0) is 19.9. The van der Waals surface area contributed by atoms with Gasteiger partial charge in [-0.1, -0.05) is 16.8 Å². The number of nitrogens with zero attached hydrogens (tertiary/aromatic N) is 1. The zero-order valence-corrected chi connectivity index (χ0v) is 15.1.